The molecule has 0 atom stereocenters. The van der Waals surface area contributed by atoms with Gasteiger partial charge < -0.3 is 19.5 Å². The quantitative estimate of drug-likeness (QED) is 0.245. The highest BCUT2D eigenvalue weighted by Crippen LogP contribution is 2.31. The number of allylic oxidation sites excluding steroid dienone is 1. The molecule has 30 heavy (non-hydrogen) atoms. The Morgan fingerprint density at radius 1 is 1.13 bits per heavy atom. The molecule has 0 saturated carbocycles. The van der Waals surface area contributed by atoms with Gasteiger partial charge in [0, 0.05) is 0 Å². The van der Waals surface area contributed by atoms with Gasteiger partial charge in [0.25, 0.3) is 5.91 Å². The van der Waals surface area contributed by atoms with Crippen LogP contribution >= 0.6 is 35.6 Å². The molecule has 1 aliphatic rings. The van der Waals surface area contributed by atoms with E-state index in [1.165, 1.54) is 11.8 Å². The van der Waals surface area contributed by atoms with Crippen LogP contribution in [0.4, 0.5) is 0 Å². The Kier molecular flexibility index (Phi) is 7.79. The highest BCUT2D eigenvalue weighted by molar-refractivity contribution is 8.26. The molecule has 2 aromatic carbocycles. The fourth-order valence-electron chi connectivity index (χ4n) is 2.72. The fraction of sp³-hybridized carbons (Fsp3) is 0.182. The number of amides is 1. The van der Waals surface area contributed by atoms with Crippen LogP contribution in [0.2, 0.25) is 5.02 Å². The van der Waals surface area contributed by atoms with Gasteiger partial charge >= 0.3 is 0 Å². The smallest absolute Gasteiger partial charge is 0.263 e. The molecule has 0 aromatic heterocycles. The van der Waals surface area contributed by atoms with Crippen LogP contribution in [0, 0.1) is 0 Å². The predicted molar refractivity (Wildman–Crippen MR) is 126 cm³/mol. The molecule has 5 nitrogen and oxygen atoms in total. The monoisotopic (exact) mass is 461 g/mol. The third-order valence-electron chi connectivity index (χ3n) is 4.10. The fourth-order valence-corrected chi connectivity index (χ4v) is 4.01. The molecule has 1 aliphatic heterocycles. The highest BCUT2D eigenvalue weighted by Gasteiger charge is 2.22. The Bertz CT molecular complexity index is 1010. The summed E-state index contributed by atoms with van der Waals surface area (Å²) in [6.07, 6.45) is 4.34. The van der Waals surface area contributed by atoms with Gasteiger partial charge in [0.05, 0.1) is 17.0 Å². The Morgan fingerprint density at radius 3 is 2.50 bits per heavy atom. The maximum atomic E-state index is 11.8. The first-order valence-electron chi connectivity index (χ1n) is 9.08. The molecule has 1 amide bonds. The lowest BCUT2D eigenvalue weighted by molar-refractivity contribution is -0.115. The largest absolute Gasteiger partial charge is 0.493 e. The van der Waals surface area contributed by atoms with Crippen molar-refractivity contribution in [1.29, 1.82) is 0 Å². The molecular weight excluding hydrogens is 442 g/mol. The predicted octanol–water partition coefficient (Wildman–Crippen LogP) is 5.02. The lowest BCUT2D eigenvalue weighted by Crippen LogP contribution is -2.17. The summed E-state index contributed by atoms with van der Waals surface area (Å²) >= 11 is 12.5. The topological polar surface area (TPSA) is 56.8 Å². The van der Waals surface area contributed by atoms with Crippen molar-refractivity contribution in [2.45, 2.75) is 6.42 Å². The second-order valence-electron chi connectivity index (χ2n) is 6.22. The molecular formula is C22H20ClNO4S2. The van der Waals surface area contributed by atoms with E-state index in [9.17, 15) is 4.79 Å². The van der Waals surface area contributed by atoms with E-state index >= 15 is 0 Å². The van der Waals surface area contributed by atoms with Gasteiger partial charge in [0.1, 0.15) is 23.3 Å². The standard InChI is InChI=1S/C22H20ClNO4S2/c1-3-4-14-5-8-18(19(12-14)26-2)28-10-9-27-17-7-6-15(11-16(17)23)13-20-21(25)24-22(29)30-20/h3,5-8,11-13H,1,4,9-10H2,2H3,(H,24,25,29). The highest BCUT2D eigenvalue weighted by atomic mass is 35.5. The molecule has 0 aliphatic carbocycles. The number of hydrogen-bond donors (Lipinski definition) is 1. The van der Waals surface area contributed by atoms with Gasteiger partial charge in [0.15, 0.2) is 11.5 Å². The summed E-state index contributed by atoms with van der Waals surface area (Å²) in [5.74, 6) is 1.65. The van der Waals surface area contributed by atoms with Crippen molar-refractivity contribution in [3.05, 3.63) is 70.1 Å². The van der Waals surface area contributed by atoms with Gasteiger partial charge in [-0.15, -0.1) is 6.58 Å². The number of ether oxygens (including phenoxy) is 3. The van der Waals surface area contributed by atoms with Crippen LogP contribution in [-0.4, -0.2) is 30.6 Å². The summed E-state index contributed by atoms with van der Waals surface area (Å²) in [6, 6.07) is 11.1. The van der Waals surface area contributed by atoms with Crippen LogP contribution in [0.1, 0.15) is 11.1 Å². The number of carbonyl (C=O) groups is 1. The van der Waals surface area contributed by atoms with E-state index in [-0.39, 0.29) is 5.91 Å². The number of methoxy groups -OCH3 is 1. The molecule has 0 bridgehead atoms. The zero-order valence-electron chi connectivity index (χ0n) is 16.3. The first-order valence-corrected chi connectivity index (χ1v) is 10.7. The minimum atomic E-state index is -0.202. The van der Waals surface area contributed by atoms with Gasteiger partial charge in [-0.1, -0.05) is 53.8 Å². The van der Waals surface area contributed by atoms with E-state index in [0.717, 1.165) is 17.5 Å². The Morgan fingerprint density at radius 2 is 1.87 bits per heavy atom. The molecule has 1 fully saturated rings. The van der Waals surface area contributed by atoms with Crippen LogP contribution in [0.5, 0.6) is 17.2 Å². The van der Waals surface area contributed by atoms with Crippen molar-refractivity contribution >= 4 is 51.9 Å². The van der Waals surface area contributed by atoms with Gasteiger partial charge in [-0.25, -0.2) is 0 Å². The van der Waals surface area contributed by atoms with Gasteiger partial charge in [-0.2, -0.15) is 0 Å². The number of hydrogen-bond acceptors (Lipinski definition) is 6. The van der Waals surface area contributed by atoms with Crippen molar-refractivity contribution < 1.29 is 19.0 Å². The first kappa shape index (κ1) is 22.2. The number of rotatable bonds is 9. The van der Waals surface area contributed by atoms with Crippen LogP contribution in [0.15, 0.2) is 54.0 Å². The molecule has 3 rings (SSSR count). The molecule has 1 saturated heterocycles. The third kappa shape index (κ3) is 5.78. The molecule has 0 unspecified atom stereocenters. The third-order valence-corrected chi connectivity index (χ3v) is 5.56. The number of benzene rings is 2. The average molecular weight is 462 g/mol. The van der Waals surface area contributed by atoms with Crippen LogP contribution in [0.3, 0.4) is 0 Å². The molecule has 8 heteroatoms. The maximum absolute atomic E-state index is 11.8. The number of carbonyl (C=O) groups excluding carboxylic acids is 1. The van der Waals surface area contributed by atoms with E-state index in [4.69, 9.17) is 38.0 Å². The Labute approximate surface area is 190 Å². The molecule has 1 heterocycles. The molecule has 0 radical (unpaired) electrons. The number of thiocarbonyl (C=S) groups is 1. The van der Waals surface area contributed by atoms with Gasteiger partial charge in [0.2, 0.25) is 0 Å². The molecule has 2 aromatic rings. The number of halogens is 1. The molecule has 1 N–H and O–H groups in total. The summed E-state index contributed by atoms with van der Waals surface area (Å²) in [6.45, 7) is 4.38. The number of thioether (sulfide) groups is 1. The average Bonchev–Trinajstić information content (AvgIpc) is 3.04. The molecule has 0 spiro atoms. The first-order chi connectivity index (χ1) is 14.5. The minimum Gasteiger partial charge on any atom is -0.493 e. The normalized spacial score (nSPS) is 14.5. The second kappa shape index (κ2) is 10.5. The Hall–Kier alpha value is -2.48. The lowest BCUT2D eigenvalue weighted by Gasteiger charge is -2.13. The van der Waals surface area contributed by atoms with Crippen LogP contribution in [-0.2, 0) is 11.2 Å². The van der Waals surface area contributed by atoms with E-state index in [1.807, 2.05) is 30.3 Å². The van der Waals surface area contributed by atoms with Crippen molar-refractivity contribution in [2.75, 3.05) is 20.3 Å². The van der Waals surface area contributed by atoms with E-state index in [2.05, 4.69) is 11.9 Å². The van der Waals surface area contributed by atoms with Crippen molar-refractivity contribution in [3.8, 4) is 17.2 Å². The zero-order chi connectivity index (χ0) is 21.5. The van der Waals surface area contributed by atoms with Crippen molar-refractivity contribution in [2.24, 2.45) is 0 Å². The second-order valence-corrected chi connectivity index (χ2v) is 8.34. The van der Waals surface area contributed by atoms with E-state index in [0.29, 0.717) is 44.7 Å². The summed E-state index contributed by atoms with van der Waals surface area (Å²) in [4.78, 5) is 12.3. The van der Waals surface area contributed by atoms with Crippen LogP contribution in [0.25, 0.3) is 6.08 Å². The summed E-state index contributed by atoms with van der Waals surface area (Å²) < 4.78 is 17.3. The van der Waals surface area contributed by atoms with Crippen molar-refractivity contribution in [1.82, 2.24) is 5.32 Å². The van der Waals surface area contributed by atoms with E-state index in [1.54, 1.807) is 25.3 Å². The Balaban J connectivity index is 1.55. The molecule has 156 valence electrons. The number of nitrogens with one attached hydrogen (secondary N) is 1. The lowest BCUT2D eigenvalue weighted by atomic mass is 10.1. The minimum absolute atomic E-state index is 0.202. The summed E-state index contributed by atoms with van der Waals surface area (Å²) in [7, 11) is 1.61. The van der Waals surface area contributed by atoms with Crippen LogP contribution < -0.4 is 19.5 Å². The van der Waals surface area contributed by atoms with Gasteiger partial charge in [-0.3, -0.25) is 4.79 Å². The van der Waals surface area contributed by atoms with Gasteiger partial charge in [-0.05, 0) is 47.9 Å². The van der Waals surface area contributed by atoms with E-state index < -0.39 is 0 Å². The zero-order valence-corrected chi connectivity index (χ0v) is 18.7. The maximum Gasteiger partial charge on any atom is 0.263 e. The summed E-state index contributed by atoms with van der Waals surface area (Å²) in [5, 5.41) is 3.03. The SMILES string of the molecule is C=CCc1ccc(OCCOc2ccc(C=C3SC(=S)NC3=O)cc2Cl)c(OC)c1. The van der Waals surface area contributed by atoms with Crippen molar-refractivity contribution in [3.63, 3.8) is 0 Å². The summed E-state index contributed by atoms with van der Waals surface area (Å²) in [5.41, 5.74) is 1.89.